The fourth-order valence-electron chi connectivity index (χ4n) is 1.73. The van der Waals surface area contributed by atoms with Gasteiger partial charge in [0.2, 0.25) is 5.88 Å². The largest absolute Gasteiger partial charge is 0.481 e. The minimum atomic E-state index is -0.109. The summed E-state index contributed by atoms with van der Waals surface area (Å²) in [7, 11) is 1.57. The van der Waals surface area contributed by atoms with Gasteiger partial charge in [-0.25, -0.2) is 4.98 Å². The number of carbonyl (C=O) groups excluding carboxylic acids is 1. The maximum Gasteiger partial charge on any atom is 0.252 e. The van der Waals surface area contributed by atoms with E-state index in [0.29, 0.717) is 18.0 Å². The highest BCUT2D eigenvalue weighted by molar-refractivity contribution is 5.95. The molecule has 104 valence electrons. The molecule has 0 saturated carbocycles. The van der Waals surface area contributed by atoms with Crippen molar-refractivity contribution in [1.29, 1.82) is 0 Å². The summed E-state index contributed by atoms with van der Waals surface area (Å²) in [5.74, 6) is 0.446. The van der Waals surface area contributed by atoms with Crippen LogP contribution < -0.4 is 10.1 Å². The van der Waals surface area contributed by atoms with Gasteiger partial charge in [-0.1, -0.05) is 6.92 Å². The molecule has 20 heavy (non-hydrogen) atoms. The number of rotatable bonds is 5. The van der Waals surface area contributed by atoms with Crippen molar-refractivity contribution in [2.24, 2.45) is 0 Å². The standard InChI is InChI=1S/C15H17N3O2/c1-3-6-17-15(19)13-7-12(8-16-9-13)11-4-5-14(20-2)18-10-11/h4-5,7-10H,3,6H2,1-2H3,(H,17,19). The molecule has 2 rings (SSSR count). The first-order valence-electron chi connectivity index (χ1n) is 6.48. The normalized spacial score (nSPS) is 10.1. The van der Waals surface area contributed by atoms with Crippen LogP contribution in [0.1, 0.15) is 23.7 Å². The Morgan fingerprint density at radius 2 is 2.10 bits per heavy atom. The number of aromatic nitrogens is 2. The summed E-state index contributed by atoms with van der Waals surface area (Å²) in [6.07, 6.45) is 5.87. The molecular formula is C15H17N3O2. The van der Waals surface area contributed by atoms with Gasteiger partial charge in [-0.15, -0.1) is 0 Å². The van der Waals surface area contributed by atoms with Crippen LogP contribution in [0.3, 0.4) is 0 Å². The first-order chi connectivity index (χ1) is 9.74. The predicted octanol–water partition coefficient (Wildman–Crippen LogP) is 2.29. The average molecular weight is 271 g/mol. The van der Waals surface area contributed by atoms with E-state index < -0.39 is 0 Å². The Balaban J connectivity index is 2.22. The van der Waals surface area contributed by atoms with E-state index in [1.807, 2.05) is 19.1 Å². The lowest BCUT2D eigenvalue weighted by Gasteiger charge is -2.06. The molecule has 0 bridgehead atoms. The molecule has 0 saturated heterocycles. The molecule has 1 N–H and O–H groups in total. The van der Waals surface area contributed by atoms with Gasteiger partial charge in [-0.3, -0.25) is 9.78 Å². The number of nitrogens with zero attached hydrogens (tertiary/aromatic N) is 2. The lowest BCUT2D eigenvalue weighted by atomic mass is 10.1. The van der Waals surface area contributed by atoms with E-state index in [1.165, 1.54) is 0 Å². The van der Waals surface area contributed by atoms with E-state index in [2.05, 4.69) is 15.3 Å². The van der Waals surface area contributed by atoms with Crippen LogP contribution in [0.15, 0.2) is 36.8 Å². The topological polar surface area (TPSA) is 64.1 Å². The molecule has 0 spiro atoms. The van der Waals surface area contributed by atoms with Crippen molar-refractivity contribution in [1.82, 2.24) is 15.3 Å². The highest BCUT2D eigenvalue weighted by Gasteiger charge is 2.07. The second-order valence-corrected chi connectivity index (χ2v) is 4.31. The van der Waals surface area contributed by atoms with Crippen LogP contribution in [0.25, 0.3) is 11.1 Å². The summed E-state index contributed by atoms with van der Waals surface area (Å²) in [4.78, 5) is 20.2. The van der Waals surface area contributed by atoms with E-state index in [4.69, 9.17) is 4.74 Å². The molecule has 2 heterocycles. The monoisotopic (exact) mass is 271 g/mol. The number of carbonyl (C=O) groups is 1. The number of ether oxygens (including phenoxy) is 1. The van der Waals surface area contributed by atoms with E-state index in [-0.39, 0.29) is 5.91 Å². The van der Waals surface area contributed by atoms with Gasteiger partial charge in [-0.2, -0.15) is 0 Å². The molecular weight excluding hydrogens is 254 g/mol. The summed E-state index contributed by atoms with van der Waals surface area (Å²) in [6, 6.07) is 5.47. The zero-order chi connectivity index (χ0) is 14.4. The van der Waals surface area contributed by atoms with Crippen LogP contribution >= 0.6 is 0 Å². The zero-order valence-electron chi connectivity index (χ0n) is 11.6. The van der Waals surface area contributed by atoms with Crippen LogP contribution in [0.2, 0.25) is 0 Å². The van der Waals surface area contributed by atoms with Crippen molar-refractivity contribution < 1.29 is 9.53 Å². The maximum atomic E-state index is 11.9. The number of hydrogen-bond donors (Lipinski definition) is 1. The molecule has 5 heteroatoms. The summed E-state index contributed by atoms with van der Waals surface area (Å²) >= 11 is 0. The maximum absolute atomic E-state index is 11.9. The van der Waals surface area contributed by atoms with Gasteiger partial charge < -0.3 is 10.1 Å². The van der Waals surface area contributed by atoms with E-state index in [9.17, 15) is 4.79 Å². The van der Waals surface area contributed by atoms with E-state index >= 15 is 0 Å². The van der Waals surface area contributed by atoms with Gasteiger partial charge in [0.15, 0.2) is 0 Å². The van der Waals surface area contributed by atoms with Crippen LogP contribution in [0, 0.1) is 0 Å². The summed E-state index contributed by atoms with van der Waals surface area (Å²) in [5, 5.41) is 2.83. The molecule has 0 aliphatic heterocycles. The molecule has 0 aromatic carbocycles. The number of methoxy groups -OCH3 is 1. The molecule has 5 nitrogen and oxygen atoms in total. The first kappa shape index (κ1) is 14.0. The van der Waals surface area contributed by atoms with Gasteiger partial charge in [0.05, 0.1) is 12.7 Å². The van der Waals surface area contributed by atoms with Crippen molar-refractivity contribution in [3.05, 3.63) is 42.4 Å². The Hall–Kier alpha value is -2.43. The highest BCUT2D eigenvalue weighted by atomic mass is 16.5. The third-order valence-corrected chi connectivity index (χ3v) is 2.81. The van der Waals surface area contributed by atoms with Crippen molar-refractivity contribution in [2.75, 3.05) is 13.7 Å². The van der Waals surface area contributed by atoms with Crippen molar-refractivity contribution in [2.45, 2.75) is 13.3 Å². The Labute approximate surface area is 118 Å². The summed E-state index contributed by atoms with van der Waals surface area (Å²) < 4.78 is 5.02. The number of nitrogens with one attached hydrogen (secondary N) is 1. The van der Waals surface area contributed by atoms with Crippen molar-refractivity contribution >= 4 is 5.91 Å². The van der Waals surface area contributed by atoms with Gasteiger partial charge in [0.1, 0.15) is 0 Å². The Morgan fingerprint density at radius 1 is 1.25 bits per heavy atom. The van der Waals surface area contributed by atoms with Crippen molar-refractivity contribution in [3.63, 3.8) is 0 Å². The third kappa shape index (κ3) is 3.32. The number of hydrogen-bond acceptors (Lipinski definition) is 4. The van der Waals surface area contributed by atoms with Crippen LogP contribution in [0.4, 0.5) is 0 Å². The SMILES string of the molecule is CCCNC(=O)c1cncc(-c2ccc(OC)nc2)c1. The molecule has 1 amide bonds. The first-order valence-corrected chi connectivity index (χ1v) is 6.48. The second-order valence-electron chi connectivity index (χ2n) is 4.31. The third-order valence-electron chi connectivity index (χ3n) is 2.81. The fraction of sp³-hybridized carbons (Fsp3) is 0.267. The van der Waals surface area contributed by atoms with E-state index in [1.54, 1.807) is 31.8 Å². The van der Waals surface area contributed by atoms with Gasteiger partial charge >= 0.3 is 0 Å². The van der Waals surface area contributed by atoms with Crippen LogP contribution in [0.5, 0.6) is 5.88 Å². The lowest BCUT2D eigenvalue weighted by molar-refractivity contribution is 0.0953. The smallest absolute Gasteiger partial charge is 0.252 e. The average Bonchev–Trinajstić information content (AvgIpc) is 2.52. The Bertz CT molecular complexity index is 582. The molecule has 0 radical (unpaired) electrons. The zero-order valence-corrected chi connectivity index (χ0v) is 11.6. The quantitative estimate of drug-likeness (QED) is 0.906. The molecule has 2 aromatic heterocycles. The molecule has 0 fully saturated rings. The Kier molecular flexibility index (Phi) is 4.65. The lowest BCUT2D eigenvalue weighted by Crippen LogP contribution is -2.24. The molecule has 0 unspecified atom stereocenters. The molecule has 0 aliphatic rings. The number of amides is 1. The Morgan fingerprint density at radius 3 is 2.75 bits per heavy atom. The minimum absolute atomic E-state index is 0.109. The molecule has 0 aliphatic carbocycles. The fourth-order valence-corrected chi connectivity index (χ4v) is 1.73. The van der Waals surface area contributed by atoms with Gasteiger partial charge in [-0.05, 0) is 18.6 Å². The van der Waals surface area contributed by atoms with Crippen LogP contribution in [-0.2, 0) is 0 Å². The molecule has 2 aromatic rings. The minimum Gasteiger partial charge on any atom is -0.481 e. The highest BCUT2D eigenvalue weighted by Crippen LogP contribution is 2.20. The van der Waals surface area contributed by atoms with Gasteiger partial charge in [0, 0.05) is 42.3 Å². The van der Waals surface area contributed by atoms with Gasteiger partial charge in [0.25, 0.3) is 5.91 Å². The van der Waals surface area contributed by atoms with Crippen LogP contribution in [-0.4, -0.2) is 29.5 Å². The summed E-state index contributed by atoms with van der Waals surface area (Å²) in [6.45, 7) is 2.67. The van der Waals surface area contributed by atoms with Crippen molar-refractivity contribution in [3.8, 4) is 17.0 Å². The second kappa shape index (κ2) is 6.65. The van der Waals surface area contributed by atoms with E-state index in [0.717, 1.165) is 17.5 Å². The summed E-state index contributed by atoms with van der Waals surface area (Å²) in [5.41, 5.74) is 2.29. The molecule has 0 atom stereocenters. The number of pyridine rings is 2. The predicted molar refractivity (Wildman–Crippen MR) is 76.6 cm³/mol.